The summed E-state index contributed by atoms with van der Waals surface area (Å²) in [6.45, 7) is 7.50. The number of hydrogen-bond donors (Lipinski definition) is 1. The molecule has 1 N–H and O–H groups in total. The Morgan fingerprint density at radius 1 is 1.45 bits per heavy atom. The monoisotopic (exact) mass is 157 g/mol. The van der Waals surface area contributed by atoms with E-state index in [9.17, 15) is 0 Å². The highest BCUT2D eigenvalue weighted by molar-refractivity contribution is 4.71. The molecule has 1 aliphatic heterocycles. The first-order chi connectivity index (χ1) is 5.43. The van der Waals surface area contributed by atoms with E-state index < -0.39 is 0 Å². The van der Waals surface area contributed by atoms with E-state index in [1.807, 2.05) is 6.08 Å². The van der Waals surface area contributed by atoms with E-state index in [2.05, 4.69) is 11.9 Å². The SMILES string of the molecule is C=CCNCC1COCOC1. The van der Waals surface area contributed by atoms with Crippen LogP contribution in [0.15, 0.2) is 12.7 Å². The second-order valence-corrected chi connectivity index (χ2v) is 2.67. The minimum Gasteiger partial charge on any atom is -0.355 e. The van der Waals surface area contributed by atoms with E-state index in [4.69, 9.17) is 9.47 Å². The minimum atomic E-state index is 0.456. The first kappa shape index (κ1) is 8.71. The number of hydrogen-bond acceptors (Lipinski definition) is 3. The summed E-state index contributed by atoms with van der Waals surface area (Å²) in [7, 11) is 0. The van der Waals surface area contributed by atoms with Crippen LogP contribution in [-0.4, -0.2) is 33.1 Å². The van der Waals surface area contributed by atoms with Crippen molar-refractivity contribution >= 4 is 0 Å². The second kappa shape index (κ2) is 5.29. The second-order valence-electron chi connectivity index (χ2n) is 2.67. The highest BCUT2D eigenvalue weighted by atomic mass is 16.7. The van der Waals surface area contributed by atoms with Gasteiger partial charge < -0.3 is 14.8 Å². The molecule has 0 aliphatic carbocycles. The quantitative estimate of drug-likeness (QED) is 0.473. The van der Waals surface area contributed by atoms with Crippen molar-refractivity contribution in [3.63, 3.8) is 0 Å². The van der Waals surface area contributed by atoms with Crippen molar-refractivity contribution < 1.29 is 9.47 Å². The first-order valence-corrected chi connectivity index (χ1v) is 3.90. The minimum absolute atomic E-state index is 0.456. The van der Waals surface area contributed by atoms with Gasteiger partial charge in [-0.2, -0.15) is 0 Å². The third-order valence-corrected chi connectivity index (χ3v) is 1.60. The zero-order valence-electron chi connectivity index (χ0n) is 6.71. The summed E-state index contributed by atoms with van der Waals surface area (Å²) in [6.07, 6.45) is 1.85. The van der Waals surface area contributed by atoms with Gasteiger partial charge in [-0.3, -0.25) is 0 Å². The van der Waals surface area contributed by atoms with Gasteiger partial charge in [0.15, 0.2) is 0 Å². The van der Waals surface area contributed by atoms with Gasteiger partial charge in [0.05, 0.1) is 13.2 Å². The number of rotatable bonds is 4. The fourth-order valence-corrected chi connectivity index (χ4v) is 1.04. The van der Waals surface area contributed by atoms with Crippen LogP contribution in [0.25, 0.3) is 0 Å². The summed E-state index contributed by atoms with van der Waals surface area (Å²) in [5, 5.41) is 3.23. The van der Waals surface area contributed by atoms with Gasteiger partial charge in [0.25, 0.3) is 0 Å². The smallest absolute Gasteiger partial charge is 0.146 e. The Morgan fingerprint density at radius 3 is 2.82 bits per heavy atom. The van der Waals surface area contributed by atoms with Crippen molar-refractivity contribution in [3.8, 4) is 0 Å². The Hall–Kier alpha value is -0.380. The van der Waals surface area contributed by atoms with Crippen molar-refractivity contribution in [2.45, 2.75) is 0 Å². The van der Waals surface area contributed by atoms with E-state index in [0.717, 1.165) is 26.3 Å². The van der Waals surface area contributed by atoms with E-state index >= 15 is 0 Å². The average molecular weight is 157 g/mol. The van der Waals surface area contributed by atoms with Crippen LogP contribution in [0.2, 0.25) is 0 Å². The molecule has 11 heavy (non-hydrogen) atoms. The Labute approximate surface area is 67.4 Å². The van der Waals surface area contributed by atoms with Crippen LogP contribution in [0, 0.1) is 5.92 Å². The maximum absolute atomic E-state index is 5.12. The summed E-state index contributed by atoms with van der Waals surface area (Å²) >= 11 is 0. The van der Waals surface area contributed by atoms with Crippen LogP contribution in [0.5, 0.6) is 0 Å². The van der Waals surface area contributed by atoms with Gasteiger partial charge in [-0.05, 0) is 0 Å². The maximum atomic E-state index is 5.12. The summed E-state index contributed by atoms with van der Waals surface area (Å²) in [5.74, 6) is 0.503. The molecule has 3 heteroatoms. The molecule has 0 aromatic heterocycles. The molecule has 0 spiro atoms. The molecule has 1 rings (SSSR count). The van der Waals surface area contributed by atoms with Crippen molar-refractivity contribution in [3.05, 3.63) is 12.7 Å². The van der Waals surface area contributed by atoms with Crippen molar-refractivity contribution in [2.75, 3.05) is 33.1 Å². The van der Waals surface area contributed by atoms with Gasteiger partial charge in [0, 0.05) is 19.0 Å². The van der Waals surface area contributed by atoms with Crippen LogP contribution in [-0.2, 0) is 9.47 Å². The Bertz CT molecular complexity index is 111. The highest BCUT2D eigenvalue weighted by Gasteiger charge is 2.12. The first-order valence-electron chi connectivity index (χ1n) is 3.90. The van der Waals surface area contributed by atoms with E-state index in [1.165, 1.54) is 0 Å². The van der Waals surface area contributed by atoms with Gasteiger partial charge in [0.2, 0.25) is 0 Å². The lowest BCUT2D eigenvalue weighted by atomic mass is 10.2. The fourth-order valence-electron chi connectivity index (χ4n) is 1.04. The van der Waals surface area contributed by atoms with Gasteiger partial charge in [-0.1, -0.05) is 6.08 Å². The van der Waals surface area contributed by atoms with Crippen LogP contribution >= 0.6 is 0 Å². The molecule has 0 atom stereocenters. The van der Waals surface area contributed by atoms with Crippen LogP contribution < -0.4 is 5.32 Å². The molecule has 0 unspecified atom stereocenters. The third kappa shape index (κ3) is 3.51. The summed E-state index contributed by atoms with van der Waals surface area (Å²) < 4.78 is 10.2. The fraction of sp³-hybridized carbons (Fsp3) is 0.750. The van der Waals surface area contributed by atoms with Crippen LogP contribution in [0.3, 0.4) is 0 Å². The molecule has 0 radical (unpaired) electrons. The average Bonchev–Trinajstić information content (AvgIpc) is 2.07. The molecule has 1 fully saturated rings. The zero-order chi connectivity index (χ0) is 7.94. The normalized spacial score (nSPS) is 20.0. The maximum Gasteiger partial charge on any atom is 0.146 e. The largest absolute Gasteiger partial charge is 0.355 e. The summed E-state index contributed by atoms with van der Waals surface area (Å²) in [6, 6.07) is 0. The Kier molecular flexibility index (Phi) is 4.19. The molecular weight excluding hydrogens is 142 g/mol. The zero-order valence-corrected chi connectivity index (χ0v) is 6.71. The molecule has 0 saturated carbocycles. The molecule has 0 amide bonds. The molecule has 1 aliphatic rings. The lowest BCUT2D eigenvalue weighted by Crippen LogP contribution is -2.33. The Balaban J connectivity index is 2.00. The molecule has 1 heterocycles. The van der Waals surface area contributed by atoms with Gasteiger partial charge >= 0.3 is 0 Å². The van der Waals surface area contributed by atoms with Gasteiger partial charge in [0.1, 0.15) is 6.79 Å². The van der Waals surface area contributed by atoms with Crippen molar-refractivity contribution in [1.82, 2.24) is 5.32 Å². The molecule has 0 aromatic rings. The molecule has 0 bridgehead atoms. The van der Waals surface area contributed by atoms with Crippen LogP contribution in [0.4, 0.5) is 0 Å². The molecular formula is C8H15NO2. The van der Waals surface area contributed by atoms with E-state index in [0.29, 0.717) is 12.7 Å². The number of nitrogens with one attached hydrogen (secondary N) is 1. The third-order valence-electron chi connectivity index (χ3n) is 1.60. The molecule has 64 valence electrons. The topological polar surface area (TPSA) is 30.5 Å². The van der Waals surface area contributed by atoms with Crippen molar-refractivity contribution in [1.29, 1.82) is 0 Å². The standard InChI is InChI=1S/C8H15NO2/c1-2-3-9-4-8-5-10-7-11-6-8/h2,8-9H,1,3-7H2. The van der Waals surface area contributed by atoms with E-state index in [-0.39, 0.29) is 0 Å². The van der Waals surface area contributed by atoms with E-state index in [1.54, 1.807) is 0 Å². The van der Waals surface area contributed by atoms with Crippen molar-refractivity contribution in [2.24, 2.45) is 5.92 Å². The molecule has 1 saturated heterocycles. The molecule has 3 nitrogen and oxygen atoms in total. The van der Waals surface area contributed by atoms with Gasteiger partial charge in [-0.25, -0.2) is 0 Å². The summed E-state index contributed by atoms with van der Waals surface area (Å²) in [4.78, 5) is 0. The lowest BCUT2D eigenvalue weighted by Gasteiger charge is -2.22. The lowest BCUT2D eigenvalue weighted by molar-refractivity contribution is -0.124. The summed E-state index contributed by atoms with van der Waals surface area (Å²) in [5.41, 5.74) is 0. The highest BCUT2D eigenvalue weighted by Crippen LogP contribution is 2.02. The van der Waals surface area contributed by atoms with Crippen LogP contribution in [0.1, 0.15) is 0 Å². The van der Waals surface area contributed by atoms with Gasteiger partial charge in [-0.15, -0.1) is 6.58 Å². The predicted molar refractivity (Wildman–Crippen MR) is 43.3 cm³/mol. The predicted octanol–water partition coefficient (Wildman–Crippen LogP) is 0.382. The number of ether oxygens (including phenoxy) is 2. The molecule has 0 aromatic carbocycles. The Morgan fingerprint density at radius 2 is 2.18 bits per heavy atom.